The van der Waals surface area contributed by atoms with Crippen molar-refractivity contribution in [3.05, 3.63) is 59.7 Å². The van der Waals surface area contributed by atoms with E-state index >= 15 is 0 Å². The third-order valence-electron chi connectivity index (χ3n) is 3.64. The van der Waals surface area contributed by atoms with Crippen LogP contribution in [0.1, 0.15) is 17.5 Å². The van der Waals surface area contributed by atoms with Crippen molar-refractivity contribution in [1.29, 1.82) is 0 Å². The van der Waals surface area contributed by atoms with Gasteiger partial charge in [-0.3, -0.25) is 0 Å². The molecule has 2 aromatic rings. The first-order chi connectivity index (χ1) is 9.86. The van der Waals surface area contributed by atoms with Crippen LogP contribution in [0.5, 0.6) is 5.75 Å². The number of rotatable bonds is 3. The maximum atomic E-state index is 5.80. The Labute approximate surface area is 120 Å². The fourth-order valence-electron chi connectivity index (χ4n) is 2.64. The van der Waals surface area contributed by atoms with E-state index in [2.05, 4.69) is 41.3 Å². The highest BCUT2D eigenvalue weighted by atomic mass is 16.5. The van der Waals surface area contributed by atoms with E-state index in [0.29, 0.717) is 6.54 Å². The molecule has 20 heavy (non-hydrogen) atoms. The number of benzene rings is 2. The molecule has 1 heterocycles. The van der Waals surface area contributed by atoms with E-state index in [1.54, 1.807) is 0 Å². The molecule has 3 rings (SSSR count). The normalized spacial score (nSPS) is 14.3. The quantitative estimate of drug-likeness (QED) is 0.930. The third-order valence-corrected chi connectivity index (χ3v) is 3.64. The molecule has 0 unspecified atom stereocenters. The van der Waals surface area contributed by atoms with Gasteiger partial charge in [-0.2, -0.15) is 0 Å². The molecule has 3 heteroatoms. The fraction of sp³-hybridized carbons (Fsp3) is 0.294. The Hall–Kier alpha value is -2.00. The van der Waals surface area contributed by atoms with Crippen LogP contribution in [0.3, 0.4) is 0 Å². The van der Waals surface area contributed by atoms with Crippen molar-refractivity contribution in [1.82, 2.24) is 0 Å². The lowest BCUT2D eigenvalue weighted by atomic mass is 10.1. The second kappa shape index (κ2) is 5.97. The van der Waals surface area contributed by atoms with Gasteiger partial charge in [0.1, 0.15) is 5.75 Å². The van der Waals surface area contributed by atoms with E-state index in [-0.39, 0.29) is 0 Å². The van der Waals surface area contributed by atoms with Gasteiger partial charge in [0.2, 0.25) is 0 Å². The first kappa shape index (κ1) is 13.0. The van der Waals surface area contributed by atoms with Crippen LogP contribution in [0, 0.1) is 0 Å². The third kappa shape index (κ3) is 2.78. The first-order valence-electron chi connectivity index (χ1n) is 7.11. The minimum Gasteiger partial charge on any atom is -0.491 e. The second-order valence-corrected chi connectivity index (χ2v) is 5.12. The van der Waals surface area contributed by atoms with Gasteiger partial charge in [-0.15, -0.1) is 0 Å². The number of hydrogen-bond donors (Lipinski definition) is 1. The molecule has 0 aliphatic carbocycles. The van der Waals surface area contributed by atoms with Gasteiger partial charge in [0.15, 0.2) is 0 Å². The minimum absolute atomic E-state index is 0.591. The van der Waals surface area contributed by atoms with Crippen molar-refractivity contribution >= 4 is 5.69 Å². The lowest BCUT2D eigenvalue weighted by Gasteiger charge is -2.24. The summed E-state index contributed by atoms with van der Waals surface area (Å²) in [5.74, 6) is 0.986. The van der Waals surface area contributed by atoms with Crippen LogP contribution >= 0.6 is 0 Å². The number of hydrogen-bond acceptors (Lipinski definition) is 3. The van der Waals surface area contributed by atoms with Gasteiger partial charge >= 0.3 is 0 Å². The van der Waals surface area contributed by atoms with Crippen molar-refractivity contribution in [3.8, 4) is 5.75 Å². The molecule has 0 radical (unpaired) electrons. The monoisotopic (exact) mass is 268 g/mol. The molecule has 1 aliphatic heterocycles. The Morgan fingerprint density at radius 3 is 2.80 bits per heavy atom. The van der Waals surface area contributed by atoms with Crippen LogP contribution in [-0.2, 0) is 13.1 Å². The zero-order valence-corrected chi connectivity index (χ0v) is 11.6. The SMILES string of the molecule is NCc1cccc(CN2CCCOc3ccccc32)c1. The molecular formula is C17H20N2O. The molecule has 0 saturated carbocycles. The summed E-state index contributed by atoms with van der Waals surface area (Å²) in [5, 5.41) is 0. The molecule has 0 aromatic heterocycles. The zero-order valence-electron chi connectivity index (χ0n) is 11.6. The zero-order chi connectivity index (χ0) is 13.8. The van der Waals surface area contributed by atoms with Crippen LogP contribution in [0.2, 0.25) is 0 Å². The van der Waals surface area contributed by atoms with Crippen molar-refractivity contribution in [2.75, 3.05) is 18.1 Å². The van der Waals surface area contributed by atoms with Crippen molar-refractivity contribution in [2.24, 2.45) is 5.73 Å². The predicted molar refractivity (Wildman–Crippen MR) is 81.9 cm³/mol. The summed E-state index contributed by atoms with van der Waals surface area (Å²) in [4.78, 5) is 2.39. The van der Waals surface area contributed by atoms with E-state index in [1.165, 1.54) is 16.8 Å². The van der Waals surface area contributed by atoms with Gasteiger partial charge in [0.25, 0.3) is 0 Å². The van der Waals surface area contributed by atoms with Gasteiger partial charge in [0, 0.05) is 19.6 Å². The minimum atomic E-state index is 0.591. The summed E-state index contributed by atoms with van der Waals surface area (Å²) in [6.45, 7) is 3.29. The standard InChI is InChI=1S/C17H20N2O/c18-12-14-5-3-6-15(11-14)13-19-9-4-10-20-17-8-2-1-7-16(17)19/h1-3,5-8,11H,4,9-10,12-13,18H2. The largest absolute Gasteiger partial charge is 0.491 e. The van der Waals surface area contributed by atoms with E-state index in [4.69, 9.17) is 10.5 Å². The lowest BCUT2D eigenvalue weighted by Crippen LogP contribution is -2.23. The number of para-hydroxylation sites is 2. The Morgan fingerprint density at radius 1 is 1.05 bits per heavy atom. The molecule has 0 fully saturated rings. The van der Waals surface area contributed by atoms with Crippen molar-refractivity contribution < 1.29 is 4.74 Å². The highest BCUT2D eigenvalue weighted by Gasteiger charge is 2.15. The smallest absolute Gasteiger partial charge is 0.142 e. The average Bonchev–Trinajstić information content (AvgIpc) is 2.70. The maximum Gasteiger partial charge on any atom is 0.142 e. The second-order valence-electron chi connectivity index (χ2n) is 5.12. The lowest BCUT2D eigenvalue weighted by molar-refractivity contribution is 0.322. The molecule has 0 spiro atoms. The van der Waals surface area contributed by atoms with Crippen molar-refractivity contribution in [2.45, 2.75) is 19.5 Å². The summed E-state index contributed by atoms with van der Waals surface area (Å²) < 4.78 is 5.80. The summed E-state index contributed by atoms with van der Waals surface area (Å²) in [7, 11) is 0. The van der Waals surface area contributed by atoms with Gasteiger partial charge in [-0.25, -0.2) is 0 Å². The van der Waals surface area contributed by atoms with E-state index in [9.17, 15) is 0 Å². The molecule has 2 N–H and O–H groups in total. The van der Waals surface area contributed by atoms with Gasteiger partial charge in [0.05, 0.1) is 12.3 Å². The summed E-state index contributed by atoms with van der Waals surface area (Å²) in [6, 6.07) is 16.8. The molecule has 0 amide bonds. The van der Waals surface area contributed by atoms with Crippen LogP contribution in [0.4, 0.5) is 5.69 Å². The summed E-state index contributed by atoms with van der Waals surface area (Å²) in [6.07, 6.45) is 1.05. The van der Waals surface area contributed by atoms with Gasteiger partial charge in [-0.1, -0.05) is 36.4 Å². The predicted octanol–water partition coefficient (Wildman–Crippen LogP) is 2.93. The number of nitrogens with two attached hydrogens (primary N) is 1. The highest BCUT2D eigenvalue weighted by molar-refractivity contribution is 5.59. The van der Waals surface area contributed by atoms with Crippen molar-refractivity contribution in [3.63, 3.8) is 0 Å². The van der Waals surface area contributed by atoms with Crippen LogP contribution in [0.15, 0.2) is 48.5 Å². The first-order valence-corrected chi connectivity index (χ1v) is 7.11. The fourth-order valence-corrected chi connectivity index (χ4v) is 2.64. The number of ether oxygens (including phenoxy) is 1. The molecule has 0 atom stereocenters. The summed E-state index contributed by atoms with van der Waals surface area (Å²) >= 11 is 0. The van der Waals surface area contributed by atoms with Crippen LogP contribution in [-0.4, -0.2) is 13.2 Å². The van der Waals surface area contributed by atoms with Crippen LogP contribution < -0.4 is 15.4 Å². The number of anilines is 1. The van der Waals surface area contributed by atoms with Crippen LogP contribution in [0.25, 0.3) is 0 Å². The number of fused-ring (bicyclic) bond motifs is 1. The maximum absolute atomic E-state index is 5.80. The molecule has 3 nitrogen and oxygen atoms in total. The highest BCUT2D eigenvalue weighted by Crippen LogP contribution is 2.31. The molecule has 2 aromatic carbocycles. The Kier molecular flexibility index (Phi) is 3.88. The number of nitrogens with zero attached hydrogens (tertiary/aromatic N) is 1. The van der Waals surface area contributed by atoms with Gasteiger partial charge in [-0.05, 0) is 29.7 Å². The molecule has 0 bridgehead atoms. The average molecular weight is 268 g/mol. The van der Waals surface area contributed by atoms with E-state index in [0.717, 1.165) is 31.9 Å². The Bertz CT molecular complexity index is 583. The molecule has 0 saturated heterocycles. The summed E-state index contributed by atoms with van der Waals surface area (Å²) in [5.41, 5.74) is 9.38. The molecular weight excluding hydrogens is 248 g/mol. The topological polar surface area (TPSA) is 38.5 Å². The molecule has 104 valence electrons. The van der Waals surface area contributed by atoms with Gasteiger partial charge < -0.3 is 15.4 Å². The Balaban J connectivity index is 1.86. The van der Waals surface area contributed by atoms with E-state index < -0.39 is 0 Å². The Morgan fingerprint density at radius 2 is 1.90 bits per heavy atom. The van der Waals surface area contributed by atoms with E-state index in [1.807, 2.05) is 12.1 Å². The molecule has 1 aliphatic rings.